The largest absolute Gasteiger partial charge is 0.366 e. The molecular weight excluding hydrogens is 315 g/mol. The molecule has 0 bridgehead atoms. The Labute approximate surface area is 141 Å². The molecule has 2 aliphatic heterocycles. The molecule has 114 valence electrons. The van der Waals surface area contributed by atoms with Gasteiger partial charge in [-0.25, -0.2) is 0 Å². The van der Waals surface area contributed by atoms with Crippen LogP contribution in [0, 0.1) is 0 Å². The SMILES string of the molecule is Clc1ccc(CN2CC3(CCNC3)c3ccccc32)cc1Cl. The Hall–Kier alpha value is -1.22. The van der Waals surface area contributed by atoms with Gasteiger partial charge in [-0.3, -0.25) is 0 Å². The van der Waals surface area contributed by atoms with Gasteiger partial charge in [-0.2, -0.15) is 0 Å². The van der Waals surface area contributed by atoms with Gasteiger partial charge in [0.15, 0.2) is 0 Å². The van der Waals surface area contributed by atoms with Gasteiger partial charge in [0.05, 0.1) is 10.0 Å². The summed E-state index contributed by atoms with van der Waals surface area (Å²) in [5.74, 6) is 0. The van der Waals surface area contributed by atoms with Gasteiger partial charge in [-0.1, -0.05) is 47.5 Å². The maximum atomic E-state index is 6.16. The van der Waals surface area contributed by atoms with Crippen molar-refractivity contribution in [3.8, 4) is 0 Å². The highest BCUT2D eigenvalue weighted by atomic mass is 35.5. The first-order chi connectivity index (χ1) is 10.7. The molecule has 0 radical (unpaired) electrons. The van der Waals surface area contributed by atoms with E-state index in [4.69, 9.17) is 23.2 Å². The molecule has 1 saturated heterocycles. The lowest BCUT2D eigenvalue weighted by Gasteiger charge is -2.25. The molecule has 0 amide bonds. The molecule has 0 aromatic heterocycles. The summed E-state index contributed by atoms with van der Waals surface area (Å²) in [6, 6.07) is 14.7. The molecule has 2 nitrogen and oxygen atoms in total. The van der Waals surface area contributed by atoms with Crippen molar-refractivity contribution in [3.05, 3.63) is 63.6 Å². The van der Waals surface area contributed by atoms with Crippen molar-refractivity contribution >= 4 is 28.9 Å². The first-order valence-electron chi connectivity index (χ1n) is 7.67. The lowest BCUT2D eigenvalue weighted by atomic mass is 9.82. The lowest BCUT2D eigenvalue weighted by Crippen LogP contribution is -2.35. The van der Waals surface area contributed by atoms with E-state index in [1.165, 1.54) is 23.2 Å². The fraction of sp³-hybridized carbons (Fsp3) is 0.333. The minimum absolute atomic E-state index is 0.271. The molecule has 2 aliphatic rings. The summed E-state index contributed by atoms with van der Waals surface area (Å²) in [7, 11) is 0. The molecule has 2 aromatic rings. The average molecular weight is 333 g/mol. The van der Waals surface area contributed by atoms with E-state index in [0.29, 0.717) is 10.0 Å². The number of nitrogens with zero attached hydrogens (tertiary/aromatic N) is 1. The maximum absolute atomic E-state index is 6.16. The number of anilines is 1. The number of fused-ring (bicyclic) bond motifs is 2. The van der Waals surface area contributed by atoms with Crippen molar-refractivity contribution in [2.24, 2.45) is 0 Å². The molecule has 1 atom stereocenters. The van der Waals surface area contributed by atoms with Crippen LogP contribution in [0.4, 0.5) is 5.69 Å². The first kappa shape index (κ1) is 14.4. The second kappa shape index (κ2) is 5.45. The smallest absolute Gasteiger partial charge is 0.0595 e. The number of halogens is 2. The van der Waals surface area contributed by atoms with E-state index in [1.807, 2.05) is 12.1 Å². The number of para-hydroxylation sites is 1. The number of nitrogens with one attached hydrogen (secondary N) is 1. The Morgan fingerprint density at radius 3 is 2.73 bits per heavy atom. The Morgan fingerprint density at radius 1 is 1.09 bits per heavy atom. The van der Waals surface area contributed by atoms with Crippen LogP contribution in [-0.4, -0.2) is 19.6 Å². The Balaban J connectivity index is 1.67. The van der Waals surface area contributed by atoms with Crippen LogP contribution >= 0.6 is 23.2 Å². The topological polar surface area (TPSA) is 15.3 Å². The van der Waals surface area contributed by atoms with Crippen molar-refractivity contribution in [2.45, 2.75) is 18.4 Å². The zero-order valence-electron chi connectivity index (χ0n) is 12.3. The van der Waals surface area contributed by atoms with Crippen LogP contribution in [0.15, 0.2) is 42.5 Å². The zero-order chi connectivity index (χ0) is 15.2. The van der Waals surface area contributed by atoms with Gasteiger partial charge in [-0.05, 0) is 42.3 Å². The third-order valence-electron chi connectivity index (χ3n) is 4.91. The maximum Gasteiger partial charge on any atom is 0.0595 e. The third-order valence-corrected chi connectivity index (χ3v) is 5.65. The summed E-state index contributed by atoms with van der Waals surface area (Å²) in [4.78, 5) is 2.47. The van der Waals surface area contributed by atoms with E-state index >= 15 is 0 Å². The zero-order valence-corrected chi connectivity index (χ0v) is 13.8. The second-order valence-corrected chi connectivity index (χ2v) is 7.14. The quantitative estimate of drug-likeness (QED) is 0.884. The van der Waals surface area contributed by atoms with Crippen molar-refractivity contribution in [1.82, 2.24) is 5.32 Å². The van der Waals surface area contributed by atoms with Crippen LogP contribution in [0.1, 0.15) is 17.5 Å². The Bertz CT molecular complexity index is 708. The third kappa shape index (κ3) is 2.30. The number of benzene rings is 2. The molecule has 1 spiro atoms. The minimum Gasteiger partial charge on any atom is -0.366 e. The fourth-order valence-electron chi connectivity index (χ4n) is 3.84. The summed E-state index contributed by atoms with van der Waals surface area (Å²) in [5, 5.41) is 4.77. The van der Waals surface area contributed by atoms with E-state index in [0.717, 1.165) is 26.2 Å². The monoisotopic (exact) mass is 332 g/mol. The molecule has 0 aliphatic carbocycles. The highest BCUT2D eigenvalue weighted by molar-refractivity contribution is 6.42. The molecule has 1 N–H and O–H groups in total. The van der Waals surface area contributed by atoms with Crippen LogP contribution < -0.4 is 10.2 Å². The Morgan fingerprint density at radius 2 is 1.95 bits per heavy atom. The molecule has 1 unspecified atom stereocenters. The van der Waals surface area contributed by atoms with Crippen molar-refractivity contribution in [3.63, 3.8) is 0 Å². The van der Waals surface area contributed by atoms with E-state index in [9.17, 15) is 0 Å². The molecule has 4 heteroatoms. The molecule has 4 rings (SSSR count). The molecule has 2 heterocycles. The highest BCUT2D eigenvalue weighted by Gasteiger charge is 2.44. The van der Waals surface area contributed by atoms with E-state index in [-0.39, 0.29) is 5.41 Å². The predicted molar refractivity (Wildman–Crippen MR) is 93.1 cm³/mol. The van der Waals surface area contributed by atoms with Crippen molar-refractivity contribution in [1.29, 1.82) is 0 Å². The summed E-state index contributed by atoms with van der Waals surface area (Å²) in [6.45, 7) is 4.12. The van der Waals surface area contributed by atoms with Gasteiger partial charge < -0.3 is 10.2 Å². The van der Waals surface area contributed by atoms with Crippen LogP contribution in [0.2, 0.25) is 10.0 Å². The van der Waals surface area contributed by atoms with Gasteiger partial charge >= 0.3 is 0 Å². The standard InChI is InChI=1S/C18H18Cl2N2/c19-15-6-5-13(9-16(15)20)10-22-12-18(7-8-21-11-18)14-3-1-2-4-17(14)22/h1-6,9,21H,7-8,10-12H2. The summed E-state index contributed by atoms with van der Waals surface area (Å²) in [6.07, 6.45) is 1.21. The number of hydrogen-bond donors (Lipinski definition) is 1. The summed E-state index contributed by atoms with van der Waals surface area (Å²) >= 11 is 12.2. The van der Waals surface area contributed by atoms with Crippen LogP contribution in [0.3, 0.4) is 0 Å². The molecular formula is C18H18Cl2N2. The van der Waals surface area contributed by atoms with Crippen molar-refractivity contribution in [2.75, 3.05) is 24.5 Å². The van der Waals surface area contributed by atoms with Crippen molar-refractivity contribution < 1.29 is 0 Å². The van der Waals surface area contributed by atoms with E-state index in [1.54, 1.807) is 0 Å². The second-order valence-electron chi connectivity index (χ2n) is 6.33. The van der Waals surface area contributed by atoms with E-state index < -0.39 is 0 Å². The summed E-state index contributed by atoms with van der Waals surface area (Å²) in [5.41, 5.74) is 4.32. The van der Waals surface area contributed by atoms with Gasteiger partial charge in [0, 0.05) is 30.7 Å². The minimum atomic E-state index is 0.271. The van der Waals surface area contributed by atoms with Gasteiger partial charge in [0.1, 0.15) is 0 Å². The normalized spacial score (nSPS) is 23.3. The number of hydrogen-bond acceptors (Lipinski definition) is 2. The fourth-order valence-corrected chi connectivity index (χ4v) is 4.16. The van der Waals surface area contributed by atoms with E-state index in [2.05, 4.69) is 40.5 Å². The van der Waals surface area contributed by atoms with Crippen LogP contribution in [-0.2, 0) is 12.0 Å². The van der Waals surface area contributed by atoms with Crippen LogP contribution in [0.25, 0.3) is 0 Å². The van der Waals surface area contributed by atoms with Gasteiger partial charge in [0.2, 0.25) is 0 Å². The van der Waals surface area contributed by atoms with Gasteiger partial charge in [0.25, 0.3) is 0 Å². The van der Waals surface area contributed by atoms with Gasteiger partial charge in [-0.15, -0.1) is 0 Å². The lowest BCUT2D eigenvalue weighted by molar-refractivity contribution is 0.495. The molecule has 2 aromatic carbocycles. The predicted octanol–water partition coefficient (Wildman–Crippen LogP) is 4.24. The Kier molecular flexibility index (Phi) is 3.56. The van der Waals surface area contributed by atoms with Crippen LogP contribution in [0.5, 0.6) is 0 Å². The number of rotatable bonds is 2. The first-order valence-corrected chi connectivity index (χ1v) is 8.43. The molecule has 0 saturated carbocycles. The molecule has 1 fully saturated rings. The highest BCUT2D eigenvalue weighted by Crippen LogP contribution is 2.44. The average Bonchev–Trinajstić information content (AvgIpc) is 3.11. The summed E-state index contributed by atoms with van der Waals surface area (Å²) < 4.78 is 0. The molecule has 22 heavy (non-hydrogen) atoms.